The average molecular weight is 335 g/mol. The van der Waals surface area contributed by atoms with Gasteiger partial charge in [-0.05, 0) is 37.1 Å². The Balaban J connectivity index is 1.54. The number of hydrogen-bond donors (Lipinski definition) is 0. The van der Waals surface area contributed by atoms with E-state index in [1.54, 1.807) is 12.5 Å². The van der Waals surface area contributed by atoms with Crippen LogP contribution in [0.2, 0.25) is 0 Å². The Morgan fingerprint density at radius 3 is 2.92 bits per heavy atom. The van der Waals surface area contributed by atoms with Gasteiger partial charge in [0.05, 0.1) is 24.8 Å². The van der Waals surface area contributed by atoms with Crippen LogP contribution in [0.15, 0.2) is 42.9 Å². The van der Waals surface area contributed by atoms with E-state index in [1.807, 2.05) is 24.3 Å². The van der Waals surface area contributed by atoms with Crippen LogP contribution < -0.4 is 9.80 Å². The van der Waals surface area contributed by atoms with Crippen LogP contribution in [0.25, 0.3) is 0 Å². The first-order valence-electron chi connectivity index (χ1n) is 8.68. The first-order valence-corrected chi connectivity index (χ1v) is 8.68. The number of morpholine rings is 1. The van der Waals surface area contributed by atoms with Gasteiger partial charge in [0.2, 0.25) is 0 Å². The summed E-state index contributed by atoms with van der Waals surface area (Å²) >= 11 is 0. The van der Waals surface area contributed by atoms with Crippen LogP contribution >= 0.6 is 0 Å². The minimum atomic E-state index is -0.190. The average Bonchev–Trinajstić information content (AvgIpc) is 2.69. The quantitative estimate of drug-likeness (QED) is 0.838. The summed E-state index contributed by atoms with van der Waals surface area (Å²) in [6.07, 6.45) is 5.50. The molecule has 2 aromatic rings. The minimum absolute atomic E-state index is 0.190. The fraction of sp³-hybridized carbons (Fsp3) is 0.421. The molecular weight excluding hydrogens is 314 g/mol. The highest BCUT2D eigenvalue weighted by Gasteiger charge is 2.41. The number of nitriles is 1. The summed E-state index contributed by atoms with van der Waals surface area (Å²) in [5, 5.41) is 9.15. The Labute approximate surface area is 147 Å². The molecule has 2 fully saturated rings. The van der Waals surface area contributed by atoms with Gasteiger partial charge in [-0.1, -0.05) is 6.07 Å². The monoisotopic (exact) mass is 335 g/mol. The van der Waals surface area contributed by atoms with Crippen molar-refractivity contribution in [2.45, 2.75) is 18.4 Å². The van der Waals surface area contributed by atoms with Crippen molar-refractivity contribution < 1.29 is 4.74 Å². The van der Waals surface area contributed by atoms with E-state index in [4.69, 9.17) is 10.00 Å². The van der Waals surface area contributed by atoms with Crippen LogP contribution in [-0.2, 0) is 4.74 Å². The third kappa shape index (κ3) is 3.28. The Morgan fingerprint density at radius 2 is 2.08 bits per heavy atom. The standard InChI is InChI=1S/C19H21N5O/c20-12-16-3-1-4-17(11-16)23-8-2-6-19(13-23)14-24(9-10-25-19)18-5-7-21-15-22-18/h1,3-5,7,11,15H,2,6,8-10,13-14H2. The molecule has 4 rings (SSSR count). The number of ether oxygens (including phenoxy) is 1. The Morgan fingerprint density at radius 1 is 1.16 bits per heavy atom. The lowest BCUT2D eigenvalue weighted by Crippen LogP contribution is -2.60. The van der Waals surface area contributed by atoms with E-state index in [1.165, 1.54) is 0 Å². The Bertz CT molecular complexity index is 771. The van der Waals surface area contributed by atoms with Gasteiger partial charge in [0, 0.05) is 31.5 Å². The maximum Gasteiger partial charge on any atom is 0.132 e. The molecule has 1 aromatic heterocycles. The van der Waals surface area contributed by atoms with Gasteiger partial charge in [-0.2, -0.15) is 5.26 Å². The largest absolute Gasteiger partial charge is 0.369 e. The van der Waals surface area contributed by atoms with Crippen LogP contribution in [0.3, 0.4) is 0 Å². The maximum atomic E-state index is 9.15. The maximum absolute atomic E-state index is 9.15. The zero-order valence-corrected chi connectivity index (χ0v) is 14.1. The molecule has 1 aromatic carbocycles. The van der Waals surface area contributed by atoms with Crippen molar-refractivity contribution >= 4 is 11.5 Å². The molecule has 1 spiro atoms. The van der Waals surface area contributed by atoms with Crippen LogP contribution in [-0.4, -0.2) is 48.4 Å². The molecule has 6 nitrogen and oxygen atoms in total. The van der Waals surface area contributed by atoms with Crippen molar-refractivity contribution in [2.75, 3.05) is 42.6 Å². The lowest BCUT2D eigenvalue weighted by atomic mass is 9.90. The number of rotatable bonds is 2. The van der Waals surface area contributed by atoms with Crippen molar-refractivity contribution in [1.82, 2.24) is 9.97 Å². The molecule has 3 heterocycles. The highest BCUT2D eigenvalue weighted by atomic mass is 16.5. The number of benzene rings is 1. The van der Waals surface area contributed by atoms with Crippen LogP contribution in [0.4, 0.5) is 11.5 Å². The van der Waals surface area contributed by atoms with Crippen molar-refractivity contribution in [3.05, 3.63) is 48.4 Å². The second-order valence-corrected chi connectivity index (χ2v) is 6.71. The van der Waals surface area contributed by atoms with E-state index in [9.17, 15) is 0 Å². The number of aromatic nitrogens is 2. The molecule has 0 aliphatic carbocycles. The van der Waals surface area contributed by atoms with E-state index in [0.717, 1.165) is 50.5 Å². The molecule has 0 saturated carbocycles. The van der Waals surface area contributed by atoms with Gasteiger partial charge in [0.1, 0.15) is 17.7 Å². The molecule has 2 saturated heterocycles. The highest BCUT2D eigenvalue weighted by molar-refractivity contribution is 5.52. The minimum Gasteiger partial charge on any atom is -0.369 e. The van der Waals surface area contributed by atoms with Crippen LogP contribution in [0.5, 0.6) is 0 Å². The van der Waals surface area contributed by atoms with E-state index < -0.39 is 0 Å². The predicted molar refractivity (Wildman–Crippen MR) is 95.5 cm³/mol. The fourth-order valence-corrected chi connectivity index (χ4v) is 3.85. The normalized spacial score (nSPS) is 23.5. The third-order valence-electron chi connectivity index (χ3n) is 5.02. The van der Waals surface area contributed by atoms with Crippen molar-refractivity contribution in [3.8, 4) is 6.07 Å². The summed E-state index contributed by atoms with van der Waals surface area (Å²) < 4.78 is 6.27. The molecular formula is C19H21N5O. The first-order chi connectivity index (χ1) is 12.3. The van der Waals surface area contributed by atoms with Gasteiger partial charge >= 0.3 is 0 Å². The Kier molecular flexibility index (Phi) is 4.24. The molecule has 6 heteroatoms. The van der Waals surface area contributed by atoms with E-state index in [-0.39, 0.29) is 5.60 Å². The molecule has 0 amide bonds. The van der Waals surface area contributed by atoms with Crippen LogP contribution in [0, 0.1) is 11.3 Å². The molecule has 25 heavy (non-hydrogen) atoms. The molecule has 0 bridgehead atoms. The summed E-state index contributed by atoms with van der Waals surface area (Å²) in [4.78, 5) is 13.0. The highest BCUT2D eigenvalue weighted by Crippen LogP contribution is 2.33. The van der Waals surface area contributed by atoms with Gasteiger partial charge in [0.15, 0.2) is 0 Å². The van der Waals surface area contributed by atoms with E-state index >= 15 is 0 Å². The van der Waals surface area contributed by atoms with Crippen LogP contribution in [0.1, 0.15) is 18.4 Å². The van der Waals surface area contributed by atoms with Gasteiger partial charge in [0.25, 0.3) is 0 Å². The van der Waals surface area contributed by atoms with E-state index in [2.05, 4.69) is 31.9 Å². The number of hydrogen-bond acceptors (Lipinski definition) is 6. The number of nitrogens with zero attached hydrogens (tertiary/aromatic N) is 5. The first kappa shape index (κ1) is 15.9. The molecule has 1 unspecified atom stereocenters. The lowest BCUT2D eigenvalue weighted by Gasteiger charge is -2.49. The topological polar surface area (TPSA) is 65.3 Å². The smallest absolute Gasteiger partial charge is 0.132 e. The van der Waals surface area contributed by atoms with Gasteiger partial charge in [-0.15, -0.1) is 0 Å². The summed E-state index contributed by atoms with van der Waals surface area (Å²) in [6.45, 7) is 4.22. The predicted octanol–water partition coefficient (Wildman–Crippen LogP) is 2.22. The molecule has 1 atom stereocenters. The fourth-order valence-electron chi connectivity index (χ4n) is 3.85. The molecule has 0 radical (unpaired) electrons. The molecule has 0 N–H and O–H groups in total. The number of piperidine rings is 1. The van der Waals surface area contributed by atoms with Crippen molar-refractivity contribution in [3.63, 3.8) is 0 Å². The molecule has 2 aliphatic heterocycles. The number of anilines is 2. The van der Waals surface area contributed by atoms with Gasteiger partial charge < -0.3 is 14.5 Å². The summed E-state index contributed by atoms with van der Waals surface area (Å²) in [5.74, 6) is 0.960. The second kappa shape index (κ2) is 6.69. The van der Waals surface area contributed by atoms with Gasteiger partial charge in [-0.3, -0.25) is 0 Å². The summed E-state index contributed by atoms with van der Waals surface area (Å²) in [5.41, 5.74) is 1.61. The zero-order chi connectivity index (χ0) is 17.1. The SMILES string of the molecule is N#Cc1cccc(N2CCCC3(C2)CN(c2ccncn2)CCO3)c1. The van der Waals surface area contributed by atoms with Crippen molar-refractivity contribution in [2.24, 2.45) is 0 Å². The lowest BCUT2D eigenvalue weighted by molar-refractivity contribution is -0.0630. The van der Waals surface area contributed by atoms with Crippen molar-refractivity contribution in [1.29, 1.82) is 5.26 Å². The summed E-state index contributed by atoms with van der Waals surface area (Å²) in [7, 11) is 0. The summed E-state index contributed by atoms with van der Waals surface area (Å²) in [6, 6.07) is 12.0. The molecule has 2 aliphatic rings. The van der Waals surface area contributed by atoms with Gasteiger partial charge in [-0.25, -0.2) is 9.97 Å². The zero-order valence-electron chi connectivity index (χ0n) is 14.1. The third-order valence-corrected chi connectivity index (χ3v) is 5.02. The molecule has 128 valence electrons. The van der Waals surface area contributed by atoms with E-state index in [0.29, 0.717) is 12.2 Å². The Hall–Kier alpha value is -2.65. The second-order valence-electron chi connectivity index (χ2n) is 6.71.